The maximum absolute atomic E-state index is 13.3. The fourth-order valence-electron chi connectivity index (χ4n) is 3.50. The summed E-state index contributed by atoms with van der Waals surface area (Å²) in [6, 6.07) is 5.19. The Bertz CT molecular complexity index is 1040. The number of hydrogen-bond acceptors (Lipinski definition) is 8. The summed E-state index contributed by atoms with van der Waals surface area (Å²) in [5.41, 5.74) is 0.611. The van der Waals surface area contributed by atoms with Gasteiger partial charge in [-0.15, -0.1) is 11.3 Å². The molecule has 0 aromatic carbocycles. The summed E-state index contributed by atoms with van der Waals surface area (Å²) in [5.74, 6) is -0.134. The molecule has 156 valence electrons. The smallest absolute Gasteiger partial charge is 0.307 e. The lowest BCUT2D eigenvalue weighted by Crippen LogP contribution is -2.44. The summed E-state index contributed by atoms with van der Waals surface area (Å²) < 4.78 is 5.72. The Balaban J connectivity index is 1.62. The van der Waals surface area contributed by atoms with Crippen LogP contribution in [0.2, 0.25) is 0 Å². The molecule has 10 heteroatoms. The van der Waals surface area contributed by atoms with Crippen LogP contribution in [-0.2, 0) is 9.59 Å². The van der Waals surface area contributed by atoms with E-state index in [1.165, 1.54) is 22.6 Å². The molecule has 4 rings (SSSR count). The van der Waals surface area contributed by atoms with E-state index < -0.39 is 11.9 Å². The van der Waals surface area contributed by atoms with Crippen LogP contribution in [0.15, 0.2) is 40.5 Å². The summed E-state index contributed by atoms with van der Waals surface area (Å²) in [6.45, 7) is 2.89. The lowest BCUT2D eigenvalue weighted by molar-refractivity contribution is -0.144. The first-order chi connectivity index (χ1) is 14.5. The number of anilines is 2. The number of amides is 1. The normalized spacial score (nSPS) is 17.0. The van der Waals surface area contributed by atoms with Crippen molar-refractivity contribution in [3.8, 4) is 10.7 Å². The quantitative estimate of drug-likeness (QED) is 0.639. The molecule has 1 aliphatic rings. The maximum atomic E-state index is 13.3. The first-order valence-electron chi connectivity index (χ1n) is 9.57. The Morgan fingerprint density at radius 2 is 2.20 bits per heavy atom. The van der Waals surface area contributed by atoms with Crippen LogP contribution in [0.3, 0.4) is 0 Å². The van der Waals surface area contributed by atoms with Crippen LogP contribution in [-0.4, -0.2) is 56.5 Å². The lowest BCUT2D eigenvalue weighted by atomic mass is 9.98. The highest BCUT2D eigenvalue weighted by atomic mass is 32.1. The zero-order chi connectivity index (χ0) is 21.1. The number of carbonyl (C=O) groups excluding carboxylic acids is 1. The molecule has 3 aromatic rings. The molecular weight excluding hydrogens is 406 g/mol. The molecule has 1 fully saturated rings. The number of aliphatic carboxylic acids is 1. The van der Waals surface area contributed by atoms with Gasteiger partial charge in [-0.3, -0.25) is 14.5 Å². The topological polar surface area (TPSA) is 113 Å². The molecule has 0 spiro atoms. The number of rotatable bonds is 6. The van der Waals surface area contributed by atoms with E-state index in [1.807, 2.05) is 10.3 Å². The molecule has 0 aliphatic carbocycles. The zero-order valence-corrected chi connectivity index (χ0v) is 17.2. The van der Waals surface area contributed by atoms with Crippen LogP contribution in [0.5, 0.6) is 0 Å². The molecule has 1 N–H and O–H groups in total. The fourth-order valence-corrected chi connectivity index (χ4v) is 4.11. The van der Waals surface area contributed by atoms with E-state index in [0.29, 0.717) is 42.7 Å². The Labute approximate surface area is 177 Å². The van der Waals surface area contributed by atoms with Gasteiger partial charge in [-0.1, -0.05) is 0 Å². The molecule has 4 heterocycles. The minimum Gasteiger partial charge on any atom is -0.481 e. The Morgan fingerprint density at radius 1 is 1.33 bits per heavy atom. The average molecular weight is 427 g/mol. The Kier molecular flexibility index (Phi) is 5.86. The summed E-state index contributed by atoms with van der Waals surface area (Å²) in [5, 5.41) is 11.9. The van der Waals surface area contributed by atoms with Gasteiger partial charge in [0.1, 0.15) is 28.6 Å². The second kappa shape index (κ2) is 8.72. The molecule has 3 aromatic heterocycles. The highest BCUT2D eigenvalue weighted by Gasteiger charge is 2.30. The van der Waals surface area contributed by atoms with Crippen molar-refractivity contribution in [3.05, 3.63) is 41.9 Å². The Hall–Kier alpha value is -3.11. The molecular formula is C20H21N5O4S. The van der Waals surface area contributed by atoms with Crippen LogP contribution in [0.4, 0.5) is 11.7 Å². The van der Waals surface area contributed by atoms with Crippen LogP contribution in [0.1, 0.15) is 18.6 Å². The van der Waals surface area contributed by atoms with Gasteiger partial charge in [-0.05, 0) is 32.4 Å². The summed E-state index contributed by atoms with van der Waals surface area (Å²) in [4.78, 5) is 40.8. The summed E-state index contributed by atoms with van der Waals surface area (Å²) in [7, 11) is 0. The molecule has 1 saturated heterocycles. The predicted octanol–water partition coefficient (Wildman–Crippen LogP) is 2.96. The molecule has 0 radical (unpaired) electrons. The highest BCUT2D eigenvalue weighted by Crippen LogP contribution is 2.29. The van der Waals surface area contributed by atoms with Gasteiger partial charge in [0.05, 0.1) is 12.5 Å². The van der Waals surface area contributed by atoms with E-state index in [4.69, 9.17) is 4.42 Å². The van der Waals surface area contributed by atoms with Gasteiger partial charge in [0.15, 0.2) is 0 Å². The van der Waals surface area contributed by atoms with Crippen molar-refractivity contribution in [1.29, 1.82) is 0 Å². The van der Waals surface area contributed by atoms with Gasteiger partial charge >= 0.3 is 5.97 Å². The van der Waals surface area contributed by atoms with Crippen molar-refractivity contribution in [3.63, 3.8) is 0 Å². The number of hydrogen-bond donors (Lipinski definition) is 1. The molecule has 1 aliphatic heterocycles. The summed E-state index contributed by atoms with van der Waals surface area (Å²) >= 11 is 1.44. The SMILES string of the molecule is Cc1ccc(N(C(=O)CN2CCCC(C(=O)O)C2)c2cc(-c3nccs3)ncn2)o1. The van der Waals surface area contributed by atoms with Crippen LogP contribution >= 0.6 is 11.3 Å². The number of aryl methyl sites for hydroxylation is 1. The van der Waals surface area contributed by atoms with Crippen molar-refractivity contribution >= 4 is 34.9 Å². The van der Waals surface area contributed by atoms with Crippen molar-refractivity contribution in [2.45, 2.75) is 19.8 Å². The Morgan fingerprint density at radius 3 is 2.90 bits per heavy atom. The minimum atomic E-state index is -0.824. The number of piperidine rings is 1. The highest BCUT2D eigenvalue weighted by molar-refractivity contribution is 7.13. The largest absolute Gasteiger partial charge is 0.481 e. The van der Waals surface area contributed by atoms with Gasteiger partial charge in [0, 0.05) is 30.3 Å². The average Bonchev–Trinajstić information content (AvgIpc) is 3.41. The van der Waals surface area contributed by atoms with E-state index in [9.17, 15) is 14.7 Å². The third-order valence-corrected chi connectivity index (χ3v) is 5.74. The van der Waals surface area contributed by atoms with Gasteiger partial charge in [-0.2, -0.15) is 0 Å². The van der Waals surface area contributed by atoms with Crippen LogP contribution in [0, 0.1) is 12.8 Å². The standard InChI is InChI=1S/C20H21N5O4S/c1-13-4-5-18(29-13)25(16-9-15(22-12-23-16)19-21-6-8-30-19)17(26)11-24-7-2-3-14(10-24)20(27)28/h4-6,8-9,12,14H,2-3,7,10-11H2,1H3,(H,27,28). The first kappa shape index (κ1) is 20.2. The van der Waals surface area contributed by atoms with Crippen molar-refractivity contribution in [2.24, 2.45) is 5.92 Å². The van der Waals surface area contributed by atoms with Crippen molar-refractivity contribution < 1.29 is 19.1 Å². The number of carboxylic acids is 1. The van der Waals surface area contributed by atoms with E-state index in [0.717, 1.165) is 11.4 Å². The van der Waals surface area contributed by atoms with Crippen LogP contribution in [0.25, 0.3) is 10.7 Å². The third kappa shape index (κ3) is 4.39. The van der Waals surface area contributed by atoms with E-state index in [1.54, 1.807) is 31.3 Å². The number of carbonyl (C=O) groups is 2. The maximum Gasteiger partial charge on any atom is 0.307 e. The van der Waals surface area contributed by atoms with Gasteiger partial charge in [-0.25, -0.2) is 19.9 Å². The third-order valence-electron chi connectivity index (χ3n) is 4.94. The number of thiazole rings is 1. The molecule has 0 saturated carbocycles. The molecule has 0 bridgehead atoms. The molecule has 1 unspecified atom stereocenters. The fraction of sp³-hybridized carbons (Fsp3) is 0.350. The van der Waals surface area contributed by atoms with Gasteiger partial charge < -0.3 is 9.52 Å². The van der Waals surface area contributed by atoms with Crippen molar-refractivity contribution in [1.82, 2.24) is 19.9 Å². The molecule has 1 atom stereocenters. The van der Waals surface area contributed by atoms with E-state index >= 15 is 0 Å². The van der Waals surface area contributed by atoms with Gasteiger partial charge in [0.2, 0.25) is 11.8 Å². The molecule has 30 heavy (non-hydrogen) atoms. The number of nitrogens with zero attached hydrogens (tertiary/aromatic N) is 5. The minimum absolute atomic E-state index is 0.0696. The van der Waals surface area contributed by atoms with Crippen molar-refractivity contribution in [2.75, 3.05) is 24.5 Å². The second-order valence-corrected chi connectivity index (χ2v) is 8.02. The monoisotopic (exact) mass is 427 g/mol. The number of carboxylic acid groups (broad SMARTS) is 1. The van der Waals surface area contributed by atoms with E-state index in [2.05, 4.69) is 15.0 Å². The van der Waals surface area contributed by atoms with Gasteiger partial charge in [0.25, 0.3) is 0 Å². The summed E-state index contributed by atoms with van der Waals surface area (Å²) in [6.07, 6.45) is 4.45. The number of aromatic nitrogens is 3. The lowest BCUT2D eigenvalue weighted by Gasteiger charge is -2.31. The first-order valence-corrected chi connectivity index (χ1v) is 10.5. The predicted molar refractivity (Wildman–Crippen MR) is 111 cm³/mol. The molecule has 9 nitrogen and oxygen atoms in total. The zero-order valence-electron chi connectivity index (χ0n) is 16.4. The number of furan rings is 1. The molecule has 1 amide bonds. The number of likely N-dealkylation sites (tertiary alicyclic amines) is 1. The van der Waals surface area contributed by atoms with E-state index in [-0.39, 0.29) is 12.5 Å². The van der Waals surface area contributed by atoms with Crippen LogP contribution < -0.4 is 4.90 Å². The second-order valence-electron chi connectivity index (χ2n) is 7.12.